The third-order valence-corrected chi connectivity index (χ3v) is 2.20. The maximum atomic E-state index is 3.30. The molecule has 1 N–H and O–H groups in total. The minimum absolute atomic E-state index is 0.608. The van der Waals surface area contributed by atoms with E-state index in [0.717, 1.165) is 13.1 Å². The van der Waals surface area contributed by atoms with Crippen LogP contribution in [0.25, 0.3) is 0 Å². The topological polar surface area (TPSA) is 15.3 Å². The average molecular weight is 166 g/mol. The summed E-state index contributed by atoms with van der Waals surface area (Å²) in [5, 5.41) is 3.03. The lowest BCUT2D eigenvalue weighted by Gasteiger charge is -2.26. The molecule has 0 aliphatic carbocycles. The molecule has 0 aromatic rings. The SMILES string of the molecule is CNCC#CC1CCCN(C)C1. The molecule has 2 heteroatoms. The van der Waals surface area contributed by atoms with E-state index in [1.165, 1.54) is 19.4 Å². The minimum Gasteiger partial charge on any atom is -0.309 e. The number of hydrogen-bond acceptors (Lipinski definition) is 2. The molecule has 0 aromatic heterocycles. The Hall–Kier alpha value is -0.520. The van der Waals surface area contributed by atoms with Crippen LogP contribution in [0.1, 0.15) is 12.8 Å². The van der Waals surface area contributed by atoms with Gasteiger partial charge in [0.25, 0.3) is 0 Å². The van der Waals surface area contributed by atoms with Gasteiger partial charge in [-0.05, 0) is 33.5 Å². The smallest absolute Gasteiger partial charge is 0.0574 e. The lowest BCUT2D eigenvalue weighted by molar-refractivity contribution is 0.242. The van der Waals surface area contributed by atoms with Crippen LogP contribution in [0, 0.1) is 17.8 Å². The fourth-order valence-electron chi connectivity index (χ4n) is 1.57. The van der Waals surface area contributed by atoms with Crippen LogP contribution in [0.15, 0.2) is 0 Å². The molecule has 1 aliphatic heterocycles. The van der Waals surface area contributed by atoms with Crippen molar-refractivity contribution < 1.29 is 0 Å². The summed E-state index contributed by atoms with van der Waals surface area (Å²) in [7, 11) is 4.10. The highest BCUT2D eigenvalue weighted by atomic mass is 15.1. The van der Waals surface area contributed by atoms with Crippen LogP contribution in [0.4, 0.5) is 0 Å². The zero-order valence-corrected chi connectivity index (χ0v) is 8.06. The van der Waals surface area contributed by atoms with Crippen LogP contribution in [0.3, 0.4) is 0 Å². The van der Waals surface area contributed by atoms with Crippen molar-refractivity contribution in [2.24, 2.45) is 5.92 Å². The largest absolute Gasteiger partial charge is 0.309 e. The molecule has 1 rings (SSSR count). The Balaban J connectivity index is 2.28. The van der Waals surface area contributed by atoms with E-state index < -0.39 is 0 Å². The quantitative estimate of drug-likeness (QED) is 0.572. The van der Waals surface area contributed by atoms with E-state index in [2.05, 4.69) is 29.1 Å². The Bertz CT molecular complexity index is 178. The van der Waals surface area contributed by atoms with Gasteiger partial charge in [0.1, 0.15) is 0 Å². The Morgan fingerprint density at radius 3 is 3.08 bits per heavy atom. The van der Waals surface area contributed by atoms with Gasteiger partial charge in [-0.15, -0.1) is 0 Å². The molecule has 2 nitrogen and oxygen atoms in total. The first-order valence-corrected chi connectivity index (χ1v) is 4.64. The van der Waals surface area contributed by atoms with Crippen LogP contribution in [-0.2, 0) is 0 Å². The van der Waals surface area contributed by atoms with E-state index >= 15 is 0 Å². The highest BCUT2D eigenvalue weighted by molar-refractivity contribution is 5.06. The van der Waals surface area contributed by atoms with Gasteiger partial charge < -0.3 is 10.2 Å². The first-order valence-electron chi connectivity index (χ1n) is 4.64. The number of nitrogens with zero attached hydrogens (tertiary/aromatic N) is 1. The van der Waals surface area contributed by atoms with Gasteiger partial charge in [-0.3, -0.25) is 0 Å². The second-order valence-corrected chi connectivity index (χ2v) is 3.45. The third-order valence-electron chi connectivity index (χ3n) is 2.20. The maximum Gasteiger partial charge on any atom is 0.0574 e. The van der Waals surface area contributed by atoms with Crippen molar-refractivity contribution in [2.75, 3.05) is 33.7 Å². The standard InChI is InChI=1S/C10H18N2/c1-11-7-3-5-10-6-4-8-12(2)9-10/h10-11H,4,6-9H2,1-2H3. The average Bonchev–Trinajstić information content (AvgIpc) is 2.05. The molecule has 1 saturated heterocycles. The Morgan fingerprint density at radius 2 is 2.42 bits per heavy atom. The van der Waals surface area contributed by atoms with Crippen molar-refractivity contribution in [3.63, 3.8) is 0 Å². The minimum atomic E-state index is 0.608. The van der Waals surface area contributed by atoms with E-state index in [-0.39, 0.29) is 0 Å². The lowest BCUT2D eigenvalue weighted by atomic mass is 9.99. The molecule has 0 spiro atoms. The second-order valence-electron chi connectivity index (χ2n) is 3.45. The number of nitrogens with one attached hydrogen (secondary N) is 1. The van der Waals surface area contributed by atoms with Crippen molar-refractivity contribution in [1.29, 1.82) is 0 Å². The Morgan fingerprint density at radius 1 is 1.58 bits per heavy atom. The van der Waals surface area contributed by atoms with Crippen LogP contribution >= 0.6 is 0 Å². The maximum absolute atomic E-state index is 3.30. The molecule has 0 radical (unpaired) electrons. The predicted octanol–water partition coefficient (Wildman–Crippen LogP) is 0.551. The van der Waals surface area contributed by atoms with E-state index in [1.54, 1.807) is 0 Å². The number of hydrogen-bond donors (Lipinski definition) is 1. The summed E-state index contributed by atoms with van der Waals surface area (Å²) < 4.78 is 0. The zero-order chi connectivity index (χ0) is 8.81. The van der Waals surface area contributed by atoms with E-state index in [4.69, 9.17) is 0 Å². The lowest BCUT2D eigenvalue weighted by Crippen LogP contribution is -2.31. The zero-order valence-electron chi connectivity index (χ0n) is 8.06. The molecule has 0 saturated carbocycles. The van der Waals surface area contributed by atoms with Gasteiger partial charge in [0.05, 0.1) is 6.54 Å². The molecular formula is C10H18N2. The van der Waals surface area contributed by atoms with Gasteiger partial charge in [-0.25, -0.2) is 0 Å². The normalized spacial score (nSPS) is 24.7. The van der Waals surface area contributed by atoms with E-state index in [1.807, 2.05) is 7.05 Å². The fraction of sp³-hybridized carbons (Fsp3) is 0.800. The summed E-state index contributed by atoms with van der Waals surface area (Å²) in [5.41, 5.74) is 0. The summed E-state index contributed by atoms with van der Waals surface area (Å²) in [6.45, 7) is 3.21. The predicted molar refractivity (Wildman–Crippen MR) is 51.9 cm³/mol. The van der Waals surface area contributed by atoms with E-state index in [0.29, 0.717) is 5.92 Å². The first kappa shape index (κ1) is 9.57. The fourth-order valence-corrected chi connectivity index (χ4v) is 1.57. The molecule has 1 aliphatic rings. The molecule has 1 heterocycles. The molecule has 12 heavy (non-hydrogen) atoms. The molecular weight excluding hydrogens is 148 g/mol. The van der Waals surface area contributed by atoms with Crippen LogP contribution in [-0.4, -0.2) is 38.6 Å². The van der Waals surface area contributed by atoms with E-state index in [9.17, 15) is 0 Å². The van der Waals surface area contributed by atoms with Crippen molar-refractivity contribution in [3.8, 4) is 11.8 Å². The van der Waals surface area contributed by atoms with Crippen molar-refractivity contribution in [2.45, 2.75) is 12.8 Å². The highest BCUT2D eigenvalue weighted by Crippen LogP contribution is 2.13. The van der Waals surface area contributed by atoms with Gasteiger partial charge in [0.2, 0.25) is 0 Å². The summed E-state index contributed by atoms with van der Waals surface area (Å²) in [6, 6.07) is 0. The van der Waals surface area contributed by atoms with Crippen LogP contribution in [0.5, 0.6) is 0 Å². The van der Waals surface area contributed by atoms with Crippen molar-refractivity contribution >= 4 is 0 Å². The Kier molecular flexibility index (Phi) is 4.13. The summed E-state index contributed by atoms with van der Waals surface area (Å²) in [5.74, 6) is 7.04. The van der Waals surface area contributed by atoms with Crippen LogP contribution < -0.4 is 5.32 Å². The molecule has 1 unspecified atom stereocenters. The monoisotopic (exact) mass is 166 g/mol. The summed E-state index contributed by atoms with van der Waals surface area (Å²) in [4.78, 5) is 2.36. The second kappa shape index (κ2) is 5.18. The molecule has 68 valence electrons. The highest BCUT2D eigenvalue weighted by Gasteiger charge is 2.13. The number of rotatable bonds is 1. The van der Waals surface area contributed by atoms with Crippen LogP contribution in [0.2, 0.25) is 0 Å². The molecule has 1 fully saturated rings. The number of likely N-dealkylation sites (tertiary alicyclic amines) is 1. The molecule has 1 atom stereocenters. The van der Waals surface area contributed by atoms with Gasteiger partial charge in [0, 0.05) is 12.5 Å². The van der Waals surface area contributed by atoms with Crippen molar-refractivity contribution in [3.05, 3.63) is 0 Å². The van der Waals surface area contributed by atoms with Crippen molar-refractivity contribution in [1.82, 2.24) is 10.2 Å². The molecule has 0 amide bonds. The Labute approximate surface area is 75.3 Å². The summed E-state index contributed by atoms with van der Waals surface area (Å²) >= 11 is 0. The number of piperidine rings is 1. The third kappa shape index (κ3) is 3.25. The first-order chi connectivity index (χ1) is 5.83. The van der Waals surface area contributed by atoms with Gasteiger partial charge in [-0.2, -0.15) is 0 Å². The van der Waals surface area contributed by atoms with Gasteiger partial charge >= 0.3 is 0 Å². The summed E-state index contributed by atoms with van der Waals surface area (Å²) in [6.07, 6.45) is 2.58. The molecule has 0 bridgehead atoms. The van der Waals surface area contributed by atoms with Gasteiger partial charge in [-0.1, -0.05) is 11.8 Å². The van der Waals surface area contributed by atoms with Gasteiger partial charge in [0.15, 0.2) is 0 Å². The molecule has 0 aromatic carbocycles.